The first kappa shape index (κ1) is 15.5. The molecular weight excluding hydrogens is 280 g/mol. The van der Waals surface area contributed by atoms with E-state index in [4.69, 9.17) is 4.74 Å². The van der Waals surface area contributed by atoms with Gasteiger partial charge in [0.05, 0.1) is 6.61 Å². The first-order chi connectivity index (χ1) is 7.15. The van der Waals surface area contributed by atoms with E-state index in [1.54, 1.807) is 7.11 Å². The molecular formula is C11H16BrF2NO. The Balaban J connectivity index is 0.00000225. The molecule has 0 fully saturated rings. The second kappa shape index (κ2) is 7.70. The van der Waals surface area contributed by atoms with E-state index < -0.39 is 11.6 Å². The molecule has 0 aliphatic rings. The minimum absolute atomic E-state index is 0. The van der Waals surface area contributed by atoms with Gasteiger partial charge in [0.15, 0.2) is 0 Å². The molecule has 0 spiro atoms. The number of nitrogens with one attached hydrogen (secondary N) is 1. The molecule has 0 radical (unpaired) electrons. The third-order valence-electron chi connectivity index (χ3n) is 2.11. The highest BCUT2D eigenvalue weighted by Crippen LogP contribution is 2.11. The fourth-order valence-electron chi connectivity index (χ4n) is 1.29. The van der Waals surface area contributed by atoms with Gasteiger partial charge in [-0.1, -0.05) is 6.07 Å². The Morgan fingerprint density at radius 1 is 1.31 bits per heavy atom. The molecule has 0 aromatic heterocycles. The summed E-state index contributed by atoms with van der Waals surface area (Å²) in [5.41, 5.74) is 0.0699. The van der Waals surface area contributed by atoms with Crippen molar-refractivity contribution in [3.05, 3.63) is 35.4 Å². The maximum atomic E-state index is 13.2. The first-order valence-corrected chi connectivity index (χ1v) is 4.80. The molecule has 0 aliphatic carbocycles. The summed E-state index contributed by atoms with van der Waals surface area (Å²) in [6, 6.07) is 3.92. The fraction of sp³-hybridized carbons (Fsp3) is 0.455. The highest BCUT2D eigenvalue weighted by Gasteiger charge is 2.09. The van der Waals surface area contributed by atoms with Crippen LogP contribution >= 0.6 is 17.0 Å². The molecule has 0 bridgehead atoms. The van der Waals surface area contributed by atoms with Crippen LogP contribution in [0.3, 0.4) is 0 Å². The Morgan fingerprint density at radius 3 is 2.38 bits per heavy atom. The third-order valence-corrected chi connectivity index (χ3v) is 2.11. The van der Waals surface area contributed by atoms with Crippen LogP contribution in [0.25, 0.3) is 0 Å². The molecule has 1 atom stereocenters. The Bertz CT molecular complexity index is 303. The van der Waals surface area contributed by atoms with Crippen molar-refractivity contribution in [1.29, 1.82) is 0 Å². The second-order valence-electron chi connectivity index (χ2n) is 3.44. The van der Waals surface area contributed by atoms with Gasteiger partial charge in [0, 0.05) is 25.3 Å². The number of rotatable bonds is 5. The van der Waals surface area contributed by atoms with Crippen LogP contribution in [0, 0.1) is 11.6 Å². The van der Waals surface area contributed by atoms with Gasteiger partial charge in [-0.05, 0) is 19.1 Å². The monoisotopic (exact) mass is 295 g/mol. The van der Waals surface area contributed by atoms with E-state index in [1.807, 2.05) is 6.92 Å². The van der Waals surface area contributed by atoms with Crippen molar-refractivity contribution in [2.45, 2.75) is 19.5 Å². The summed E-state index contributed by atoms with van der Waals surface area (Å²) < 4.78 is 31.3. The van der Waals surface area contributed by atoms with Gasteiger partial charge in [-0.15, -0.1) is 17.0 Å². The highest BCUT2D eigenvalue weighted by atomic mass is 79.9. The molecule has 1 N–H and O–H groups in total. The minimum Gasteiger partial charge on any atom is -0.383 e. The summed E-state index contributed by atoms with van der Waals surface area (Å²) in [5.74, 6) is -1.04. The zero-order chi connectivity index (χ0) is 11.3. The molecule has 0 saturated carbocycles. The Hall–Kier alpha value is -0.520. The molecule has 0 aliphatic heterocycles. The molecule has 5 heteroatoms. The lowest BCUT2D eigenvalue weighted by atomic mass is 10.2. The Kier molecular flexibility index (Phi) is 7.45. The predicted octanol–water partition coefficient (Wildman–Crippen LogP) is 2.67. The molecule has 2 nitrogen and oxygen atoms in total. The number of ether oxygens (including phenoxy) is 1. The van der Waals surface area contributed by atoms with Crippen molar-refractivity contribution in [1.82, 2.24) is 5.32 Å². The summed E-state index contributed by atoms with van der Waals surface area (Å²) in [7, 11) is 1.59. The average molecular weight is 296 g/mol. The second-order valence-corrected chi connectivity index (χ2v) is 3.44. The van der Waals surface area contributed by atoms with E-state index in [2.05, 4.69) is 5.32 Å². The van der Waals surface area contributed by atoms with Gasteiger partial charge in [0.25, 0.3) is 0 Å². The molecule has 1 rings (SSSR count). The zero-order valence-corrected chi connectivity index (χ0v) is 11.0. The van der Waals surface area contributed by atoms with Gasteiger partial charge in [-0.2, -0.15) is 0 Å². The van der Waals surface area contributed by atoms with E-state index in [0.717, 1.165) is 0 Å². The number of halogens is 3. The lowest BCUT2D eigenvalue weighted by Gasteiger charge is -2.13. The lowest BCUT2D eigenvalue weighted by Crippen LogP contribution is -2.30. The highest BCUT2D eigenvalue weighted by molar-refractivity contribution is 8.93. The maximum Gasteiger partial charge on any atom is 0.130 e. The molecule has 16 heavy (non-hydrogen) atoms. The van der Waals surface area contributed by atoms with E-state index in [9.17, 15) is 8.78 Å². The van der Waals surface area contributed by atoms with Crippen molar-refractivity contribution in [2.24, 2.45) is 0 Å². The van der Waals surface area contributed by atoms with Gasteiger partial charge < -0.3 is 10.1 Å². The van der Waals surface area contributed by atoms with Crippen molar-refractivity contribution in [3.8, 4) is 0 Å². The summed E-state index contributed by atoms with van der Waals surface area (Å²) >= 11 is 0. The summed E-state index contributed by atoms with van der Waals surface area (Å²) in [6.45, 7) is 2.57. The van der Waals surface area contributed by atoms with E-state index >= 15 is 0 Å². The zero-order valence-electron chi connectivity index (χ0n) is 9.30. The summed E-state index contributed by atoms with van der Waals surface area (Å²) in [6.07, 6.45) is 0. The smallest absolute Gasteiger partial charge is 0.130 e. The van der Waals surface area contributed by atoms with Crippen LogP contribution in [0.4, 0.5) is 8.78 Å². The van der Waals surface area contributed by atoms with Crippen LogP contribution < -0.4 is 5.32 Å². The molecule has 0 saturated heterocycles. The first-order valence-electron chi connectivity index (χ1n) is 4.80. The Morgan fingerprint density at radius 2 is 1.88 bits per heavy atom. The molecule has 0 heterocycles. The number of methoxy groups -OCH3 is 1. The van der Waals surface area contributed by atoms with Gasteiger partial charge in [0.2, 0.25) is 0 Å². The Labute approximate surface area is 105 Å². The molecule has 0 amide bonds. The summed E-state index contributed by atoms with van der Waals surface area (Å²) in [5, 5.41) is 2.98. The topological polar surface area (TPSA) is 21.3 Å². The van der Waals surface area contributed by atoms with Gasteiger partial charge in [0.1, 0.15) is 11.6 Å². The van der Waals surface area contributed by atoms with Crippen LogP contribution in [-0.4, -0.2) is 19.8 Å². The molecule has 1 aromatic rings. The van der Waals surface area contributed by atoms with Crippen LogP contribution in [0.1, 0.15) is 12.5 Å². The van der Waals surface area contributed by atoms with Crippen molar-refractivity contribution in [3.63, 3.8) is 0 Å². The lowest BCUT2D eigenvalue weighted by molar-refractivity contribution is 0.171. The van der Waals surface area contributed by atoms with Crippen LogP contribution in [-0.2, 0) is 11.3 Å². The standard InChI is InChI=1S/C11H15F2NO.BrH/c1-8(7-15-2)14-6-9-10(12)4-3-5-11(9)13;/h3-5,8,14H,6-7H2,1-2H3;1H. The maximum absolute atomic E-state index is 13.2. The largest absolute Gasteiger partial charge is 0.383 e. The molecule has 92 valence electrons. The van der Waals surface area contributed by atoms with E-state index in [1.165, 1.54) is 18.2 Å². The van der Waals surface area contributed by atoms with Gasteiger partial charge in [-0.3, -0.25) is 0 Å². The van der Waals surface area contributed by atoms with Crippen LogP contribution in [0.2, 0.25) is 0 Å². The summed E-state index contributed by atoms with van der Waals surface area (Å²) in [4.78, 5) is 0. The number of hydrogen-bond donors (Lipinski definition) is 1. The van der Waals surface area contributed by atoms with Gasteiger partial charge >= 0.3 is 0 Å². The van der Waals surface area contributed by atoms with Gasteiger partial charge in [-0.25, -0.2) is 8.78 Å². The fourth-order valence-corrected chi connectivity index (χ4v) is 1.29. The predicted molar refractivity (Wildman–Crippen MR) is 64.9 cm³/mol. The van der Waals surface area contributed by atoms with Crippen LogP contribution in [0.15, 0.2) is 18.2 Å². The minimum atomic E-state index is -0.521. The van der Waals surface area contributed by atoms with E-state index in [-0.39, 0.29) is 35.1 Å². The van der Waals surface area contributed by atoms with Crippen molar-refractivity contribution < 1.29 is 13.5 Å². The van der Waals surface area contributed by atoms with Crippen molar-refractivity contribution in [2.75, 3.05) is 13.7 Å². The number of benzene rings is 1. The van der Waals surface area contributed by atoms with E-state index in [0.29, 0.717) is 6.61 Å². The third kappa shape index (κ3) is 4.55. The molecule has 1 unspecified atom stereocenters. The SMILES string of the molecule is Br.COCC(C)NCc1c(F)cccc1F. The number of hydrogen-bond acceptors (Lipinski definition) is 2. The van der Waals surface area contributed by atoms with Crippen molar-refractivity contribution >= 4 is 17.0 Å². The average Bonchev–Trinajstić information content (AvgIpc) is 2.17. The quantitative estimate of drug-likeness (QED) is 0.902. The molecule has 1 aromatic carbocycles. The van der Waals surface area contributed by atoms with Crippen LogP contribution in [0.5, 0.6) is 0 Å². The normalized spacial score (nSPS) is 12.0.